The van der Waals surface area contributed by atoms with Crippen molar-refractivity contribution in [1.29, 1.82) is 0 Å². The summed E-state index contributed by atoms with van der Waals surface area (Å²) in [6, 6.07) is 5.12. The van der Waals surface area contributed by atoms with Crippen LogP contribution in [0.1, 0.15) is 39.8 Å². The molecule has 4 rings (SSSR count). The van der Waals surface area contributed by atoms with E-state index >= 15 is 0 Å². The summed E-state index contributed by atoms with van der Waals surface area (Å²) < 4.78 is 92.9. The Morgan fingerprint density at radius 1 is 1.06 bits per heavy atom. The fourth-order valence-electron chi connectivity index (χ4n) is 3.44. The lowest BCUT2D eigenvalue weighted by molar-refractivity contribution is -0.141. The predicted octanol–water partition coefficient (Wildman–Crippen LogP) is 5.00. The SMILES string of the molecule is O=C(NC1CCn2nc(-c3cc(C(F)(F)F)ncc3F)cc21)c1cccc(C(F)(F)F)c1. The Labute approximate surface area is 175 Å². The maximum atomic E-state index is 14.1. The maximum Gasteiger partial charge on any atom is 0.433 e. The molecular formula is C20H13F7N4O. The molecule has 0 saturated heterocycles. The van der Waals surface area contributed by atoms with Crippen LogP contribution < -0.4 is 5.32 Å². The molecule has 0 aliphatic carbocycles. The molecule has 0 radical (unpaired) electrons. The Balaban J connectivity index is 1.59. The highest BCUT2D eigenvalue weighted by molar-refractivity contribution is 5.94. The van der Waals surface area contributed by atoms with Crippen molar-refractivity contribution in [3.05, 3.63) is 70.9 Å². The number of aromatic nitrogens is 3. The van der Waals surface area contributed by atoms with Crippen LogP contribution in [0.15, 0.2) is 42.6 Å². The van der Waals surface area contributed by atoms with Crippen LogP contribution in [0.5, 0.6) is 0 Å². The molecular weight excluding hydrogens is 445 g/mol. The van der Waals surface area contributed by atoms with Gasteiger partial charge in [-0.05, 0) is 36.8 Å². The van der Waals surface area contributed by atoms with Gasteiger partial charge in [0.05, 0.1) is 29.2 Å². The van der Waals surface area contributed by atoms with Crippen LogP contribution >= 0.6 is 0 Å². The summed E-state index contributed by atoms with van der Waals surface area (Å²) >= 11 is 0. The van der Waals surface area contributed by atoms with Gasteiger partial charge in [-0.2, -0.15) is 31.4 Å². The minimum Gasteiger partial charge on any atom is -0.344 e. The van der Waals surface area contributed by atoms with E-state index in [4.69, 9.17) is 0 Å². The molecule has 1 unspecified atom stereocenters. The summed E-state index contributed by atoms with van der Waals surface area (Å²) in [6.45, 7) is 0.279. The molecule has 1 atom stereocenters. The van der Waals surface area contributed by atoms with E-state index in [-0.39, 0.29) is 17.8 Å². The molecule has 0 bridgehead atoms. The monoisotopic (exact) mass is 458 g/mol. The molecule has 32 heavy (non-hydrogen) atoms. The van der Waals surface area contributed by atoms with Crippen LogP contribution in [0.3, 0.4) is 0 Å². The number of nitrogens with zero attached hydrogens (tertiary/aromatic N) is 3. The van der Waals surface area contributed by atoms with E-state index in [1.165, 1.54) is 16.8 Å². The van der Waals surface area contributed by atoms with Gasteiger partial charge in [0.2, 0.25) is 0 Å². The quantitative estimate of drug-likeness (QED) is 0.563. The number of benzene rings is 1. The molecule has 0 saturated carbocycles. The van der Waals surface area contributed by atoms with Gasteiger partial charge in [-0.25, -0.2) is 9.37 Å². The van der Waals surface area contributed by atoms with Crippen molar-refractivity contribution >= 4 is 5.91 Å². The number of rotatable bonds is 3. The smallest absolute Gasteiger partial charge is 0.344 e. The average molecular weight is 458 g/mol. The highest BCUT2D eigenvalue weighted by Gasteiger charge is 2.35. The fourth-order valence-corrected chi connectivity index (χ4v) is 3.44. The van der Waals surface area contributed by atoms with Crippen LogP contribution in [-0.2, 0) is 18.9 Å². The Morgan fingerprint density at radius 3 is 2.50 bits per heavy atom. The first-order valence-electron chi connectivity index (χ1n) is 9.22. The number of nitrogens with one attached hydrogen (secondary N) is 1. The zero-order chi connectivity index (χ0) is 23.3. The van der Waals surface area contributed by atoms with Gasteiger partial charge in [-0.3, -0.25) is 9.48 Å². The van der Waals surface area contributed by atoms with E-state index < -0.39 is 46.9 Å². The van der Waals surface area contributed by atoms with Crippen LogP contribution in [0.4, 0.5) is 30.7 Å². The molecule has 1 amide bonds. The van der Waals surface area contributed by atoms with Crippen molar-refractivity contribution in [2.45, 2.75) is 31.4 Å². The molecule has 12 heteroatoms. The van der Waals surface area contributed by atoms with E-state index in [0.29, 0.717) is 24.4 Å². The number of fused-ring (bicyclic) bond motifs is 1. The third-order valence-corrected chi connectivity index (χ3v) is 4.98. The van der Waals surface area contributed by atoms with E-state index in [0.717, 1.165) is 18.2 Å². The first kappa shape index (κ1) is 21.8. The number of carbonyl (C=O) groups excluding carboxylic acids is 1. The minimum atomic E-state index is -4.77. The van der Waals surface area contributed by atoms with Crippen LogP contribution in [0.25, 0.3) is 11.3 Å². The van der Waals surface area contributed by atoms with Crippen molar-refractivity contribution in [3.8, 4) is 11.3 Å². The fraction of sp³-hybridized carbons (Fsp3) is 0.250. The number of amides is 1. The molecule has 1 N–H and O–H groups in total. The minimum absolute atomic E-state index is 0.0802. The van der Waals surface area contributed by atoms with Gasteiger partial charge in [-0.15, -0.1) is 0 Å². The third kappa shape index (κ3) is 4.16. The molecule has 1 aliphatic rings. The van der Waals surface area contributed by atoms with Gasteiger partial charge in [0.1, 0.15) is 5.69 Å². The first-order chi connectivity index (χ1) is 14.9. The van der Waals surface area contributed by atoms with E-state index in [9.17, 15) is 35.5 Å². The third-order valence-electron chi connectivity index (χ3n) is 4.98. The van der Waals surface area contributed by atoms with Gasteiger partial charge < -0.3 is 5.32 Å². The Morgan fingerprint density at radius 2 is 1.81 bits per heavy atom. The second-order valence-electron chi connectivity index (χ2n) is 7.12. The Hall–Kier alpha value is -3.44. The lowest BCUT2D eigenvalue weighted by Gasteiger charge is -2.13. The summed E-state index contributed by atoms with van der Waals surface area (Å²) in [7, 11) is 0. The van der Waals surface area contributed by atoms with E-state index in [1.807, 2.05) is 0 Å². The predicted molar refractivity (Wildman–Crippen MR) is 96.7 cm³/mol. The van der Waals surface area contributed by atoms with Gasteiger partial charge in [0.25, 0.3) is 5.91 Å². The zero-order valence-corrected chi connectivity index (χ0v) is 15.9. The van der Waals surface area contributed by atoms with Gasteiger partial charge in [0, 0.05) is 17.7 Å². The summed E-state index contributed by atoms with van der Waals surface area (Å²) in [6.07, 6.45) is -8.57. The summed E-state index contributed by atoms with van der Waals surface area (Å²) in [5.41, 5.74) is -2.55. The van der Waals surface area contributed by atoms with Crippen molar-refractivity contribution in [2.75, 3.05) is 0 Å². The highest BCUT2D eigenvalue weighted by Crippen LogP contribution is 2.35. The van der Waals surface area contributed by atoms with Crippen LogP contribution in [-0.4, -0.2) is 20.7 Å². The summed E-state index contributed by atoms with van der Waals surface area (Å²) in [5.74, 6) is -1.76. The molecule has 2 aromatic heterocycles. The zero-order valence-electron chi connectivity index (χ0n) is 15.9. The summed E-state index contributed by atoms with van der Waals surface area (Å²) in [5, 5.41) is 6.70. The number of pyridine rings is 1. The second kappa shape index (κ2) is 7.61. The van der Waals surface area contributed by atoms with Gasteiger partial charge >= 0.3 is 12.4 Å². The molecule has 1 aromatic carbocycles. The maximum absolute atomic E-state index is 14.1. The molecule has 0 fully saturated rings. The van der Waals surface area contributed by atoms with Crippen LogP contribution in [0, 0.1) is 5.82 Å². The molecule has 168 valence electrons. The number of halogens is 7. The number of alkyl halides is 6. The normalized spacial score (nSPS) is 16.2. The Kier molecular flexibility index (Phi) is 5.18. The van der Waals surface area contributed by atoms with Crippen molar-refractivity contribution in [2.24, 2.45) is 0 Å². The standard InChI is InChI=1S/C20H13F7N4O/c21-13-9-28-17(20(25,26)27)7-12(13)15-8-16-14(4-5-31(16)30-15)29-18(32)10-2-1-3-11(6-10)19(22,23)24/h1-3,6-9,14H,4-5H2,(H,29,32). The van der Waals surface area contributed by atoms with Crippen molar-refractivity contribution in [1.82, 2.24) is 20.1 Å². The highest BCUT2D eigenvalue weighted by atomic mass is 19.4. The lowest BCUT2D eigenvalue weighted by atomic mass is 10.1. The van der Waals surface area contributed by atoms with Gasteiger partial charge in [-0.1, -0.05) is 6.07 Å². The van der Waals surface area contributed by atoms with E-state index in [2.05, 4.69) is 15.4 Å². The number of aryl methyl sites for hydroxylation is 1. The molecule has 3 heterocycles. The second-order valence-corrected chi connectivity index (χ2v) is 7.12. The van der Waals surface area contributed by atoms with Gasteiger partial charge in [0.15, 0.2) is 5.82 Å². The Bertz CT molecular complexity index is 1180. The molecule has 1 aliphatic heterocycles. The van der Waals surface area contributed by atoms with Crippen LogP contribution in [0.2, 0.25) is 0 Å². The largest absolute Gasteiger partial charge is 0.433 e. The number of hydrogen-bond acceptors (Lipinski definition) is 3. The molecule has 5 nitrogen and oxygen atoms in total. The molecule has 0 spiro atoms. The average Bonchev–Trinajstić information content (AvgIpc) is 3.28. The van der Waals surface area contributed by atoms with E-state index in [1.54, 1.807) is 0 Å². The van der Waals surface area contributed by atoms with Crippen molar-refractivity contribution < 1.29 is 35.5 Å². The molecule has 3 aromatic rings. The first-order valence-corrected chi connectivity index (χ1v) is 9.22. The summed E-state index contributed by atoms with van der Waals surface area (Å²) in [4.78, 5) is 15.5. The number of hydrogen-bond donors (Lipinski definition) is 1. The number of carbonyl (C=O) groups is 1. The lowest BCUT2D eigenvalue weighted by Crippen LogP contribution is -2.27. The topological polar surface area (TPSA) is 59.8 Å². The van der Waals surface area contributed by atoms with Crippen molar-refractivity contribution in [3.63, 3.8) is 0 Å².